The Morgan fingerprint density at radius 1 is 1.14 bits per heavy atom. The van der Waals surface area contributed by atoms with E-state index >= 15 is 0 Å². The third-order valence-corrected chi connectivity index (χ3v) is 5.31. The van der Waals surface area contributed by atoms with Crippen LogP contribution < -0.4 is 0 Å². The van der Waals surface area contributed by atoms with Crippen molar-refractivity contribution in [2.45, 2.75) is 12.6 Å². The number of thiophene rings is 1. The van der Waals surface area contributed by atoms with Crippen LogP contribution in [0.25, 0.3) is 5.76 Å². The monoisotopic (exact) mass is 401 g/mol. The van der Waals surface area contributed by atoms with Crippen molar-refractivity contribution in [3.8, 4) is 0 Å². The average Bonchev–Trinajstić information content (AvgIpc) is 3.42. The molecule has 3 aromatic rings. The molecule has 1 aromatic carbocycles. The van der Waals surface area contributed by atoms with Crippen molar-refractivity contribution in [1.29, 1.82) is 0 Å². The van der Waals surface area contributed by atoms with E-state index < -0.39 is 35.1 Å². The number of hydrogen-bond acceptors (Lipinski definition) is 5. The van der Waals surface area contributed by atoms with E-state index in [1.54, 1.807) is 12.1 Å². The van der Waals surface area contributed by atoms with Gasteiger partial charge in [0.2, 0.25) is 0 Å². The van der Waals surface area contributed by atoms with Gasteiger partial charge in [-0.2, -0.15) is 0 Å². The van der Waals surface area contributed by atoms with Crippen molar-refractivity contribution < 1.29 is 27.9 Å². The number of likely N-dealkylation sites (tertiary alicyclic amines) is 1. The van der Waals surface area contributed by atoms with Crippen LogP contribution in [0, 0.1) is 11.6 Å². The second kappa shape index (κ2) is 7.05. The SMILES string of the molecule is O=C1C(=O)N(Cc2cccs2)C(c2ccco2)/C1=C(\O)c1ccc(F)c(F)c1. The number of ketones is 1. The predicted molar refractivity (Wildman–Crippen MR) is 97.2 cm³/mol. The molecule has 5 nitrogen and oxygen atoms in total. The molecule has 1 fully saturated rings. The number of amides is 1. The zero-order valence-electron chi connectivity index (χ0n) is 14.3. The van der Waals surface area contributed by atoms with Gasteiger partial charge in [0.05, 0.1) is 18.4 Å². The van der Waals surface area contributed by atoms with E-state index in [-0.39, 0.29) is 23.4 Å². The molecule has 2 aromatic heterocycles. The number of carbonyl (C=O) groups is 2. The van der Waals surface area contributed by atoms with Gasteiger partial charge in [0, 0.05) is 10.4 Å². The zero-order valence-corrected chi connectivity index (χ0v) is 15.1. The molecule has 1 aliphatic heterocycles. The average molecular weight is 401 g/mol. The molecule has 0 spiro atoms. The normalized spacial score (nSPS) is 18.8. The lowest BCUT2D eigenvalue weighted by atomic mass is 9.99. The highest BCUT2D eigenvalue weighted by Gasteiger charge is 2.47. The first-order chi connectivity index (χ1) is 13.5. The van der Waals surface area contributed by atoms with E-state index in [9.17, 15) is 23.5 Å². The largest absolute Gasteiger partial charge is 0.507 e. The number of Topliss-reactive ketones (excluding diaryl/α,β-unsaturated/α-hetero) is 1. The van der Waals surface area contributed by atoms with E-state index in [0.29, 0.717) is 0 Å². The Morgan fingerprint density at radius 3 is 2.61 bits per heavy atom. The molecule has 1 unspecified atom stereocenters. The molecule has 28 heavy (non-hydrogen) atoms. The van der Waals surface area contributed by atoms with Crippen LogP contribution in [0.5, 0.6) is 0 Å². The van der Waals surface area contributed by atoms with E-state index in [4.69, 9.17) is 4.42 Å². The van der Waals surface area contributed by atoms with Gasteiger partial charge in [-0.25, -0.2) is 8.78 Å². The van der Waals surface area contributed by atoms with Crippen molar-refractivity contribution in [1.82, 2.24) is 4.90 Å². The summed E-state index contributed by atoms with van der Waals surface area (Å²) in [4.78, 5) is 27.5. The fraction of sp³-hybridized carbons (Fsp3) is 0.100. The Balaban J connectivity index is 1.85. The molecule has 1 saturated heterocycles. The lowest BCUT2D eigenvalue weighted by molar-refractivity contribution is -0.140. The van der Waals surface area contributed by atoms with E-state index in [0.717, 1.165) is 23.1 Å². The fourth-order valence-corrected chi connectivity index (χ4v) is 3.86. The first-order valence-corrected chi connectivity index (χ1v) is 9.15. The molecule has 0 bridgehead atoms. The van der Waals surface area contributed by atoms with Crippen LogP contribution in [0.1, 0.15) is 22.2 Å². The van der Waals surface area contributed by atoms with Crippen molar-refractivity contribution in [2.24, 2.45) is 0 Å². The fourth-order valence-electron chi connectivity index (χ4n) is 3.16. The summed E-state index contributed by atoms with van der Waals surface area (Å²) in [5.41, 5.74) is -0.341. The molecule has 8 heteroatoms. The molecule has 142 valence electrons. The number of furan rings is 1. The molecule has 1 amide bonds. The number of rotatable bonds is 4. The lowest BCUT2D eigenvalue weighted by Gasteiger charge is -2.22. The molecule has 1 atom stereocenters. The smallest absolute Gasteiger partial charge is 0.296 e. The number of hydrogen-bond donors (Lipinski definition) is 1. The number of benzene rings is 1. The highest BCUT2D eigenvalue weighted by Crippen LogP contribution is 2.40. The topological polar surface area (TPSA) is 70.8 Å². The van der Waals surface area contributed by atoms with Crippen LogP contribution in [0.4, 0.5) is 8.78 Å². The maximum Gasteiger partial charge on any atom is 0.296 e. The van der Waals surface area contributed by atoms with Crippen molar-refractivity contribution >= 4 is 28.8 Å². The van der Waals surface area contributed by atoms with Gasteiger partial charge >= 0.3 is 0 Å². The third-order valence-electron chi connectivity index (χ3n) is 4.45. The van der Waals surface area contributed by atoms with Crippen LogP contribution in [0.3, 0.4) is 0 Å². The summed E-state index contributed by atoms with van der Waals surface area (Å²) >= 11 is 1.42. The number of carbonyl (C=O) groups excluding carboxylic acids is 2. The standard InChI is InChI=1S/C20H13F2NO4S/c21-13-6-5-11(9-14(13)22)18(24)16-17(15-4-1-7-27-15)23(20(26)19(16)25)10-12-3-2-8-28-12/h1-9,17,24H,10H2/b18-16+. The van der Waals surface area contributed by atoms with Crippen LogP contribution in [0.2, 0.25) is 0 Å². The third kappa shape index (κ3) is 3.01. The van der Waals surface area contributed by atoms with Gasteiger partial charge in [-0.05, 0) is 41.8 Å². The second-order valence-corrected chi connectivity index (χ2v) is 7.18. The lowest BCUT2D eigenvalue weighted by Crippen LogP contribution is -2.28. The molecule has 0 aliphatic carbocycles. The van der Waals surface area contributed by atoms with Gasteiger partial charge < -0.3 is 14.4 Å². The van der Waals surface area contributed by atoms with Gasteiger partial charge in [-0.3, -0.25) is 9.59 Å². The van der Waals surface area contributed by atoms with Crippen molar-refractivity contribution in [3.05, 3.63) is 87.5 Å². The molecule has 1 N–H and O–H groups in total. The molecule has 4 rings (SSSR count). The van der Waals surface area contributed by atoms with Gasteiger partial charge in [-0.1, -0.05) is 6.07 Å². The summed E-state index contributed by atoms with van der Waals surface area (Å²) in [6.45, 7) is 0.141. The summed E-state index contributed by atoms with van der Waals surface area (Å²) in [5.74, 6) is -4.30. The van der Waals surface area contributed by atoms with E-state index in [1.807, 2.05) is 17.5 Å². The maximum absolute atomic E-state index is 13.6. The summed E-state index contributed by atoms with van der Waals surface area (Å²) in [7, 11) is 0. The molecule has 0 saturated carbocycles. The second-order valence-electron chi connectivity index (χ2n) is 6.15. The van der Waals surface area contributed by atoms with Gasteiger partial charge in [-0.15, -0.1) is 11.3 Å². The molecule has 1 aliphatic rings. The van der Waals surface area contributed by atoms with E-state index in [2.05, 4.69) is 0 Å². The highest BCUT2D eigenvalue weighted by molar-refractivity contribution is 7.09. The quantitative estimate of drug-likeness (QED) is 0.403. The zero-order chi connectivity index (χ0) is 19.8. The Bertz CT molecular complexity index is 1070. The van der Waals surface area contributed by atoms with Gasteiger partial charge in [0.1, 0.15) is 17.6 Å². The summed E-state index contributed by atoms with van der Waals surface area (Å²) in [5, 5.41) is 12.5. The Hall–Kier alpha value is -3.26. The van der Waals surface area contributed by atoms with Crippen LogP contribution in [0.15, 0.2) is 64.1 Å². The maximum atomic E-state index is 13.6. The number of halogens is 2. The van der Waals surface area contributed by atoms with Crippen LogP contribution >= 0.6 is 11.3 Å². The van der Waals surface area contributed by atoms with Gasteiger partial charge in [0.25, 0.3) is 11.7 Å². The Kier molecular flexibility index (Phi) is 4.56. The predicted octanol–water partition coefficient (Wildman–Crippen LogP) is 4.24. The number of aliphatic hydroxyl groups excluding tert-OH is 1. The van der Waals surface area contributed by atoms with Crippen LogP contribution in [-0.4, -0.2) is 21.7 Å². The van der Waals surface area contributed by atoms with Crippen LogP contribution in [-0.2, 0) is 16.1 Å². The Morgan fingerprint density at radius 2 is 1.96 bits per heavy atom. The molecular weight excluding hydrogens is 388 g/mol. The minimum absolute atomic E-state index is 0.107. The molecular formula is C20H13F2NO4S. The van der Waals surface area contributed by atoms with E-state index in [1.165, 1.54) is 22.5 Å². The summed E-state index contributed by atoms with van der Waals surface area (Å²) < 4.78 is 32.2. The highest BCUT2D eigenvalue weighted by atomic mass is 32.1. The van der Waals surface area contributed by atoms with Crippen molar-refractivity contribution in [2.75, 3.05) is 0 Å². The first kappa shape index (κ1) is 18.1. The van der Waals surface area contributed by atoms with Gasteiger partial charge in [0.15, 0.2) is 11.6 Å². The summed E-state index contributed by atoms with van der Waals surface area (Å²) in [6.07, 6.45) is 1.39. The first-order valence-electron chi connectivity index (χ1n) is 8.27. The molecule has 0 radical (unpaired) electrons. The van der Waals surface area contributed by atoms with Crippen molar-refractivity contribution in [3.63, 3.8) is 0 Å². The minimum Gasteiger partial charge on any atom is -0.507 e. The number of aliphatic hydroxyl groups is 1. The minimum atomic E-state index is -1.17. The Labute approximate surface area is 162 Å². The molecule has 3 heterocycles. The summed E-state index contributed by atoms with van der Waals surface area (Å²) in [6, 6.07) is 8.59. The number of nitrogens with zero attached hydrogens (tertiary/aromatic N) is 1.